The van der Waals surface area contributed by atoms with Gasteiger partial charge in [0.05, 0.1) is 5.56 Å². The highest BCUT2D eigenvalue weighted by Crippen LogP contribution is 2.36. The Labute approximate surface area is 108 Å². The minimum absolute atomic E-state index is 0.317. The number of benzene rings is 2. The average molecular weight is 271 g/mol. The van der Waals surface area contributed by atoms with Crippen LogP contribution < -0.4 is 0 Å². The Morgan fingerprint density at radius 2 is 1.61 bits per heavy atom. The quantitative estimate of drug-likeness (QED) is 0.657. The summed E-state index contributed by atoms with van der Waals surface area (Å²) in [6, 6.07) is 10.6. The van der Waals surface area contributed by atoms with Crippen LogP contribution in [0.15, 0.2) is 42.5 Å². The third-order valence-electron chi connectivity index (χ3n) is 2.73. The highest BCUT2D eigenvalue weighted by molar-refractivity contribution is 6.33. The van der Waals surface area contributed by atoms with E-state index in [4.69, 9.17) is 11.6 Å². The first-order chi connectivity index (χ1) is 8.39. The van der Waals surface area contributed by atoms with Gasteiger partial charge in [-0.05, 0) is 36.2 Å². The van der Waals surface area contributed by atoms with Crippen molar-refractivity contribution < 1.29 is 13.2 Å². The summed E-state index contributed by atoms with van der Waals surface area (Å²) < 4.78 is 38.0. The first-order valence-electron chi connectivity index (χ1n) is 5.32. The van der Waals surface area contributed by atoms with Gasteiger partial charge in [0.25, 0.3) is 0 Å². The summed E-state index contributed by atoms with van der Waals surface area (Å²) in [5, 5.41) is 0.317. The van der Waals surface area contributed by atoms with E-state index < -0.39 is 11.7 Å². The minimum Gasteiger partial charge on any atom is -0.166 e. The summed E-state index contributed by atoms with van der Waals surface area (Å²) in [4.78, 5) is 0. The monoisotopic (exact) mass is 270 g/mol. The Balaban J connectivity index is 2.61. The molecule has 2 aromatic carbocycles. The van der Waals surface area contributed by atoms with E-state index in [1.807, 2.05) is 19.1 Å². The largest absolute Gasteiger partial charge is 0.416 e. The molecule has 18 heavy (non-hydrogen) atoms. The zero-order valence-corrected chi connectivity index (χ0v) is 10.3. The standard InChI is InChI=1S/C14H10ClF3/c1-9-4-2-3-5-11(9)12-8-10(14(16,17)18)6-7-13(12)15/h2-8H,1H3. The summed E-state index contributed by atoms with van der Waals surface area (Å²) in [6.45, 7) is 1.84. The van der Waals surface area contributed by atoms with Crippen molar-refractivity contribution in [3.8, 4) is 11.1 Å². The zero-order chi connectivity index (χ0) is 13.3. The number of rotatable bonds is 1. The second-order valence-electron chi connectivity index (χ2n) is 4.01. The van der Waals surface area contributed by atoms with Gasteiger partial charge in [-0.3, -0.25) is 0 Å². The first kappa shape index (κ1) is 13.0. The molecule has 94 valence electrons. The van der Waals surface area contributed by atoms with Crippen LogP contribution in [-0.2, 0) is 6.18 Å². The van der Waals surface area contributed by atoms with E-state index in [1.54, 1.807) is 12.1 Å². The lowest BCUT2D eigenvalue weighted by molar-refractivity contribution is -0.137. The van der Waals surface area contributed by atoms with Gasteiger partial charge in [0.2, 0.25) is 0 Å². The van der Waals surface area contributed by atoms with Gasteiger partial charge in [-0.15, -0.1) is 0 Å². The molecule has 0 fully saturated rings. The van der Waals surface area contributed by atoms with Gasteiger partial charge in [0, 0.05) is 10.6 Å². The maximum atomic E-state index is 12.7. The third kappa shape index (κ3) is 2.51. The Morgan fingerprint density at radius 1 is 0.944 bits per heavy atom. The maximum Gasteiger partial charge on any atom is 0.416 e. The number of alkyl halides is 3. The fraction of sp³-hybridized carbons (Fsp3) is 0.143. The van der Waals surface area contributed by atoms with E-state index in [0.29, 0.717) is 16.1 Å². The van der Waals surface area contributed by atoms with Gasteiger partial charge < -0.3 is 0 Å². The van der Waals surface area contributed by atoms with E-state index >= 15 is 0 Å². The average Bonchev–Trinajstić information content (AvgIpc) is 2.29. The van der Waals surface area contributed by atoms with Gasteiger partial charge in [0.1, 0.15) is 0 Å². The van der Waals surface area contributed by atoms with Crippen molar-refractivity contribution in [2.24, 2.45) is 0 Å². The van der Waals surface area contributed by atoms with Crippen molar-refractivity contribution in [2.75, 3.05) is 0 Å². The molecular weight excluding hydrogens is 261 g/mol. The van der Waals surface area contributed by atoms with Crippen LogP contribution in [0.3, 0.4) is 0 Å². The fourth-order valence-corrected chi connectivity index (χ4v) is 2.00. The number of halogens is 4. The lowest BCUT2D eigenvalue weighted by atomic mass is 9.99. The van der Waals surface area contributed by atoms with Gasteiger partial charge >= 0.3 is 6.18 Å². The molecule has 0 saturated heterocycles. The van der Waals surface area contributed by atoms with E-state index in [-0.39, 0.29) is 0 Å². The fourth-order valence-electron chi connectivity index (χ4n) is 1.78. The molecule has 0 unspecified atom stereocenters. The highest BCUT2D eigenvalue weighted by Gasteiger charge is 2.31. The minimum atomic E-state index is -4.36. The summed E-state index contributed by atoms with van der Waals surface area (Å²) in [5.74, 6) is 0. The summed E-state index contributed by atoms with van der Waals surface area (Å²) in [5.41, 5.74) is 1.32. The molecule has 0 aliphatic carbocycles. The predicted octanol–water partition coefficient (Wildman–Crippen LogP) is 5.33. The number of aryl methyl sites for hydroxylation is 1. The topological polar surface area (TPSA) is 0 Å². The molecule has 2 rings (SSSR count). The molecular formula is C14H10ClF3. The molecule has 0 N–H and O–H groups in total. The lowest BCUT2D eigenvalue weighted by Gasteiger charge is -2.12. The van der Waals surface area contributed by atoms with Crippen LogP contribution in [0, 0.1) is 6.92 Å². The summed E-state index contributed by atoms with van der Waals surface area (Å²) in [6.07, 6.45) is -4.36. The molecule has 0 aliphatic heterocycles. The van der Waals surface area contributed by atoms with Crippen molar-refractivity contribution in [2.45, 2.75) is 13.1 Å². The molecule has 0 bridgehead atoms. The van der Waals surface area contributed by atoms with Crippen LogP contribution in [0.4, 0.5) is 13.2 Å². The SMILES string of the molecule is Cc1ccccc1-c1cc(C(F)(F)F)ccc1Cl. The van der Waals surface area contributed by atoms with Crippen molar-refractivity contribution in [1.82, 2.24) is 0 Å². The lowest BCUT2D eigenvalue weighted by Crippen LogP contribution is -2.04. The molecule has 0 aromatic heterocycles. The van der Waals surface area contributed by atoms with Crippen molar-refractivity contribution in [1.29, 1.82) is 0 Å². The van der Waals surface area contributed by atoms with E-state index in [2.05, 4.69) is 0 Å². The Kier molecular flexibility index (Phi) is 3.35. The van der Waals surface area contributed by atoms with E-state index in [1.165, 1.54) is 6.07 Å². The Bertz CT molecular complexity index is 573. The van der Waals surface area contributed by atoms with Gasteiger partial charge in [0.15, 0.2) is 0 Å². The molecule has 0 amide bonds. The van der Waals surface area contributed by atoms with Gasteiger partial charge in [-0.1, -0.05) is 35.9 Å². The molecule has 0 radical (unpaired) electrons. The molecule has 0 nitrogen and oxygen atoms in total. The smallest absolute Gasteiger partial charge is 0.166 e. The summed E-state index contributed by atoms with van der Waals surface area (Å²) in [7, 11) is 0. The third-order valence-corrected chi connectivity index (χ3v) is 3.06. The van der Waals surface area contributed by atoms with Crippen LogP contribution in [0.25, 0.3) is 11.1 Å². The molecule has 0 aliphatic rings. The highest BCUT2D eigenvalue weighted by atomic mass is 35.5. The van der Waals surface area contributed by atoms with Crippen LogP contribution in [0.2, 0.25) is 5.02 Å². The second-order valence-corrected chi connectivity index (χ2v) is 4.41. The zero-order valence-electron chi connectivity index (χ0n) is 9.55. The first-order valence-corrected chi connectivity index (χ1v) is 5.70. The predicted molar refractivity (Wildman–Crippen MR) is 66.6 cm³/mol. The van der Waals surface area contributed by atoms with Crippen molar-refractivity contribution in [3.05, 3.63) is 58.6 Å². The molecule has 0 heterocycles. The van der Waals surface area contributed by atoms with Gasteiger partial charge in [-0.25, -0.2) is 0 Å². The Hall–Kier alpha value is -1.48. The van der Waals surface area contributed by atoms with Crippen LogP contribution in [0.5, 0.6) is 0 Å². The van der Waals surface area contributed by atoms with Gasteiger partial charge in [-0.2, -0.15) is 13.2 Å². The number of hydrogen-bond donors (Lipinski definition) is 0. The Morgan fingerprint density at radius 3 is 2.22 bits per heavy atom. The normalized spacial score (nSPS) is 11.6. The van der Waals surface area contributed by atoms with Crippen LogP contribution in [0.1, 0.15) is 11.1 Å². The van der Waals surface area contributed by atoms with Crippen molar-refractivity contribution in [3.63, 3.8) is 0 Å². The van der Waals surface area contributed by atoms with Crippen molar-refractivity contribution >= 4 is 11.6 Å². The number of hydrogen-bond acceptors (Lipinski definition) is 0. The molecule has 0 saturated carbocycles. The maximum absolute atomic E-state index is 12.7. The molecule has 2 aromatic rings. The molecule has 0 atom stereocenters. The molecule has 4 heteroatoms. The second kappa shape index (κ2) is 4.65. The van der Waals surface area contributed by atoms with Crippen LogP contribution in [-0.4, -0.2) is 0 Å². The van der Waals surface area contributed by atoms with E-state index in [9.17, 15) is 13.2 Å². The van der Waals surface area contributed by atoms with E-state index in [0.717, 1.165) is 17.7 Å². The molecule has 0 spiro atoms. The van der Waals surface area contributed by atoms with Crippen LogP contribution >= 0.6 is 11.6 Å². The summed E-state index contributed by atoms with van der Waals surface area (Å²) >= 11 is 5.99.